The summed E-state index contributed by atoms with van der Waals surface area (Å²) in [6.45, 7) is 1.93. The second kappa shape index (κ2) is 4.11. The van der Waals surface area contributed by atoms with Crippen molar-refractivity contribution >= 4 is 0 Å². The molecule has 0 unspecified atom stereocenters. The highest BCUT2D eigenvalue weighted by Gasteiger charge is 2.04. The summed E-state index contributed by atoms with van der Waals surface area (Å²) < 4.78 is 13.4. The van der Waals surface area contributed by atoms with Gasteiger partial charge in [0, 0.05) is 18.0 Å². The Bertz CT molecular complexity index is 570. The van der Waals surface area contributed by atoms with E-state index in [0.717, 1.165) is 16.7 Å². The molecule has 1 aromatic heterocycles. The van der Waals surface area contributed by atoms with E-state index in [1.54, 1.807) is 24.5 Å². The van der Waals surface area contributed by atoms with Gasteiger partial charge in [-0.2, -0.15) is 5.26 Å². The van der Waals surface area contributed by atoms with E-state index in [1.165, 1.54) is 12.1 Å². The predicted octanol–water partition coefficient (Wildman–Crippen LogP) is 3.07. The average molecular weight is 212 g/mol. The van der Waals surface area contributed by atoms with Gasteiger partial charge in [-0.15, -0.1) is 0 Å². The van der Waals surface area contributed by atoms with E-state index in [9.17, 15) is 4.39 Å². The molecule has 0 saturated carbocycles. The Balaban J connectivity index is 2.50. The second-order valence-corrected chi connectivity index (χ2v) is 3.56. The molecule has 2 aromatic rings. The van der Waals surface area contributed by atoms with Crippen molar-refractivity contribution in [3.05, 3.63) is 53.6 Å². The fourth-order valence-corrected chi connectivity index (χ4v) is 1.50. The zero-order chi connectivity index (χ0) is 11.5. The molecular weight excluding hydrogens is 203 g/mol. The Morgan fingerprint density at radius 1 is 1.19 bits per heavy atom. The molecule has 0 saturated heterocycles. The van der Waals surface area contributed by atoms with Crippen LogP contribution in [0, 0.1) is 24.1 Å². The van der Waals surface area contributed by atoms with Crippen LogP contribution in [-0.4, -0.2) is 4.98 Å². The molecule has 2 rings (SSSR count). The number of pyridine rings is 1. The maximum atomic E-state index is 13.4. The van der Waals surface area contributed by atoms with Gasteiger partial charge in [-0.3, -0.25) is 4.98 Å². The van der Waals surface area contributed by atoms with E-state index in [4.69, 9.17) is 5.26 Å². The lowest BCUT2D eigenvalue weighted by Gasteiger charge is -2.03. The van der Waals surface area contributed by atoms with Crippen molar-refractivity contribution in [1.29, 1.82) is 5.26 Å². The number of nitrogens with zero attached hydrogens (tertiary/aromatic N) is 2. The highest BCUT2D eigenvalue weighted by Crippen LogP contribution is 2.21. The van der Waals surface area contributed by atoms with Crippen LogP contribution in [0.2, 0.25) is 0 Å². The van der Waals surface area contributed by atoms with Gasteiger partial charge in [-0.25, -0.2) is 4.39 Å². The molecular formula is C13H9FN2. The Labute approximate surface area is 93.0 Å². The number of hydrogen-bond acceptors (Lipinski definition) is 2. The number of nitriles is 1. The summed E-state index contributed by atoms with van der Waals surface area (Å²) in [6.07, 6.45) is 3.41. The van der Waals surface area contributed by atoms with Crippen molar-refractivity contribution in [1.82, 2.24) is 4.98 Å². The Hall–Kier alpha value is -2.21. The number of aryl methyl sites for hydroxylation is 1. The predicted molar refractivity (Wildman–Crippen MR) is 59.1 cm³/mol. The van der Waals surface area contributed by atoms with E-state index in [-0.39, 0.29) is 5.56 Å². The number of aromatic nitrogens is 1. The molecule has 0 aliphatic heterocycles. The van der Waals surface area contributed by atoms with Gasteiger partial charge in [0.25, 0.3) is 0 Å². The first-order chi connectivity index (χ1) is 7.70. The Morgan fingerprint density at radius 3 is 2.62 bits per heavy atom. The van der Waals surface area contributed by atoms with Crippen LogP contribution in [-0.2, 0) is 0 Å². The highest BCUT2D eigenvalue weighted by molar-refractivity contribution is 5.64. The number of benzene rings is 1. The summed E-state index contributed by atoms with van der Waals surface area (Å²) in [5.41, 5.74) is 2.66. The van der Waals surface area contributed by atoms with Gasteiger partial charge >= 0.3 is 0 Å². The lowest BCUT2D eigenvalue weighted by Crippen LogP contribution is -1.87. The van der Waals surface area contributed by atoms with E-state index in [1.807, 2.05) is 13.0 Å². The molecule has 0 N–H and O–H groups in total. The fourth-order valence-electron chi connectivity index (χ4n) is 1.50. The largest absolute Gasteiger partial charge is 0.264 e. The van der Waals surface area contributed by atoms with Gasteiger partial charge in [-0.05, 0) is 36.2 Å². The molecule has 0 aliphatic rings. The molecule has 0 aliphatic carbocycles. The monoisotopic (exact) mass is 212 g/mol. The van der Waals surface area contributed by atoms with Crippen LogP contribution < -0.4 is 0 Å². The van der Waals surface area contributed by atoms with E-state index in [0.29, 0.717) is 0 Å². The van der Waals surface area contributed by atoms with Crippen molar-refractivity contribution in [2.75, 3.05) is 0 Å². The molecule has 0 atom stereocenters. The smallest absolute Gasteiger partial charge is 0.141 e. The van der Waals surface area contributed by atoms with Crippen LogP contribution in [0.1, 0.15) is 11.1 Å². The maximum absolute atomic E-state index is 13.4. The number of rotatable bonds is 1. The van der Waals surface area contributed by atoms with Crippen molar-refractivity contribution in [3.8, 4) is 17.2 Å². The summed E-state index contributed by atoms with van der Waals surface area (Å²) in [7, 11) is 0. The van der Waals surface area contributed by atoms with Crippen LogP contribution in [0.3, 0.4) is 0 Å². The summed E-state index contributed by atoms with van der Waals surface area (Å²) in [4.78, 5) is 4.05. The first kappa shape index (κ1) is 10.3. The van der Waals surface area contributed by atoms with Gasteiger partial charge in [-0.1, -0.05) is 6.07 Å². The SMILES string of the molecule is Cc1cncc(-c2ccc(C#N)c(F)c2)c1. The zero-order valence-electron chi connectivity index (χ0n) is 8.74. The van der Waals surface area contributed by atoms with Crippen LogP contribution >= 0.6 is 0 Å². The topological polar surface area (TPSA) is 36.7 Å². The normalized spacial score (nSPS) is 9.81. The summed E-state index contributed by atoms with van der Waals surface area (Å²) in [5, 5.41) is 8.62. The second-order valence-electron chi connectivity index (χ2n) is 3.56. The van der Waals surface area contributed by atoms with Gasteiger partial charge < -0.3 is 0 Å². The molecule has 1 heterocycles. The molecule has 0 spiro atoms. The van der Waals surface area contributed by atoms with Crippen LogP contribution in [0.5, 0.6) is 0 Å². The van der Waals surface area contributed by atoms with E-state index < -0.39 is 5.82 Å². The first-order valence-corrected chi connectivity index (χ1v) is 4.82. The van der Waals surface area contributed by atoms with Gasteiger partial charge in [0.05, 0.1) is 5.56 Å². The highest BCUT2D eigenvalue weighted by atomic mass is 19.1. The summed E-state index contributed by atoms with van der Waals surface area (Å²) in [6, 6.07) is 8.27. The summed E-state index contributed by atoms with van der Waals surface area (Å²) in [5.74, 6) is -0.499. The molecule has 16 heavy (non-hydrogen) atoms. The molecule has 2 nitrogen and oxygen atoms in total. The van der Waals surface area contributed by atoms with Crippen LogP contribution in [0.25, 0.3) is 11.1 Å². The third-order valence-corrected chi connectivity index (χ3v) is 2.30. The Kier molecular flexibility index (Phi) is 2.65. The lowest BCUT2D eigenvalue weighted by atomic mass is 10.0. The number of hydrogen-bond donors (Lipinski definition) is 0. The molecule has 0 radical (unpaired) electrons. The van der Waals surface area contributed by atoms with Crippen molar-refractivity contribution in [3.63, 3.8) is 0 Å². The molecule has 0 fully saturated rings. The first-order valence-electron chi connectivity index (χ1n) is 4.82. The van der Waals surface area contributed by atoms with E-state index in [2.05, 4.69) is 4.98 Å². The molecule has 0 amide bonds. The molecule has 3 heteroatoms. The van der Waals surface area contributed by atoms with Gasteiger partial charge in [0.1, 0.15) is 11.9 Å². The average Bonchev–Trinajstić information content (AvgIpc) is 2.29. The minimum absolute atomic E-state index is 0.0596. The maximum Gasteiger partial charge on any atom is 0.141 e. The van der Waals surface area contributed by atoms with Crippen molar-refractivity contribution in [2.24, 2.45) is 0 Å². The molecule has 78 valence electrons. The van der Waals surface area contributed by atoms with Crippen molar-refractivity contribution in [2.45, 2.75) is 6.92 Å². The molecule has 0 bridgehead atoms. The van der Waals surface area contributed by atoms with Gasteiger partial charge in [0.15, 0.2) is 0 Å². The fraction of sp³-hybridized carbons (Fsp3) is 0.0769. The van der Waals surface area contributed by atoms with Gasteiger partial charge in [0.2, 0.25) is 0 Å². The van der Waals surface area contributed by atoms with Crippen LogP contribution in [0.15, 0.2) is 36.7 Å². The standard InChI is InChI=1S/C13H9FN2/c1-9-4-12(8-16-7-9)10-2-3-11(6-15)13(14)5-10/h2-5,7-8H,1H3. The van der Waals surface area contributed by atoms with E-state index >= 15 is 0 Å². The minimum atomic E-state index is -0.499. The van der Waals surface area contributed by atoms with Crippen LogP contribution in [0.4, 0.5) is 4.39 Å². The quantitative estimate of drug-likeness (QED) is 0.728. The third-order valence-electron chi connectivity index (χ3n) is 2.30. The lowest BCUT2D eigenvalue weighted by molar-refractivity contribution is 0.624. The zero-order valence-corrected chi connectivity index (χ0v) is 8.74. The van der Waals surface area contributed by atoms with Crippen molar-refractivity contribution < 1.29 is 4.39 Å². The molecule has 1 aromatic carbocycles. The third kappa shape index (κ3) is 1.91. The number of halogens is 1. The summed E-state index contributed by atoms with van der Waals surface area (Å²) >= 11 is 0. The Morgan fingerprint density at radius 2 is 2.00 bits per heavy atom. The minimum Gasteiger partial charge on any atom is -0.264 e.